The van der Waals surface area contributed by atoms with Crippen molar-refractivity contribution in [3.63, 3.8) is 0 Å². The minimum absolute atomic E-state index is 0. The monoisotopic (exact) mass is 234 g/mol. The van der Waals surface area contributed by atoms with Crippen molar-refractivity contribution in [3.8, 4) is 0 Å². The Hall–Kier alpha value is 2.12. The summed E-state index contributed by atoms with van der Waals surface area (Å²) in [6.07, 6.45) is 0. The first-order valence-corrected chi connectivity index (χ1v) is 14.7. The van der Waals surface area contributed by atoms with Crippen molar-refractivity contribution < 1.29 is 0 Å². The standard InChI is InChI=1S/C4H12As2.Na.H/c1-5(2)6(3)4;;/h1-4H3;;. The fourth-order valence-corrected chi connectivity index (χ4v) is 0. The molecule has 0 atom stereocenters. The van der Waals surface area contributed by atoms with Crippen LogP contribution in [0.25, 0.3) is 0 Å². The zero-order chi connectivity index (χ0) is 5.15. The molecule has 0 spiro atoms. The maximum atomic E-state index is 2.45. The first-order valence-electron chi connectivity index (χ1n) is 1.99. The Labute approximate surface area is 76.5 Å². The molecular weight excluding hydrogens is 221 g/mol. The average Bonchev–Trinajstić information content (AvgIpc) is 1.36. The molecule has 0 rings (SSSR count). The van der Waals surface area contributed by atoms with E-state index in [2.05, 4.69) is 22.8 Å². The third-order valence-electron chi connectivity index (χ3n) is 0.800. The second kappa shape index (κ2) is 6.24. The van der Waals surface area contributed by atoms with Gasteiger partial charge in [-0.25, -0.2) is 0 Å². The van der Waals surface area contributed by atoms with Gasteiger partial charge in [-0.2, -0.15) is 0 Å². The van der Waals surface area contributed by atoms with E-state index in [-0.39, 0.29) is 54.7 Å². The third kappa shape index (κ3) is 8.12. The minimum atomic E-state index is -0.153. The summed E-state index contributed by atoms with van der Waals surface area (Å²) in [7, 11) is 0. The Morgan fingerprint density at radius 2 is 0.857 bits per heavy atom. The zero-order valence-electron chi connectivity index (χ0n) is 4.89. The van der Waals surface area contributed by atoms with Gasteiger partial charge in [0.25, 0.3) is 0 Å². The fraction of sp³-hybridized carbons (Fsp3) is 1.00. The van der Waals surface area contributed by atoms with Crippen LogP contribution in [-0.2, 0) is 0 Å². The Kier molecular flexibility index (Phi) is 10.6. The summed E-state index contributed by atoms with van der Waals surface area (Å²) < 4.78 is 0. The van der Waals surface area contributed by atoms with Gasteiger partial charge in [-0.05, 0) is 0 Å². The molecular formula is C4H13As2Na. The van der Waals surface area contributed by atoms with Crippen LogP contribution in [0.3, 0.4) is 0 Å². The van der Waals surface area contributed by atoms with Crippen LogP contribution in [0.1, 0.15) is 0 Å². The zero-order valence-corrected chi connectivity index (χ0v) is 8.65. The van der Waals surface area contributed by atoms with Crippen molar-refractivity contribution in [3.05, 3.63) is 0 Å². The molecule has 0 nitrogen and oxygen atoms in total. The first-order chi connectivity index (χ1) is 2.64. The van der Waals surface area contributed by atoms with Crippen LogP contribution in [-0.4, -0.2) is 54.7 Å². The maximum absolute atomic E-state index is 2.45. The van der Waals surface area contributed by atoms with Gasteiger partial charge in [0.1, 0.15) is 0 Å². The van der Waals surface area contributed by atoms with Crippen LogP contribution in [0.15, 0.2) is 0 Å². The molecule has 0 N–H and O–H groups in total. The molecule has 40 valence electrons. The van der Waals surface area contributed by atoms with Crippen molar-refractivity contribution in [2.24, 2.45) is 0 Å². The summed E-state index contributed by atoms with van der Waals surface area (Å²) in [5, 5.41) is 0. The molecule has 3 heteroatoms. The molecule has 0 radical (unpaired) electrons. The summed E-state index contributed by atoms with van der Waals surface area (Å²) in [5.74, 6) is 0. The van der Waals surface area contributed by atoms with E-state index in [4.69, 9.17) is 0 Å². The molecule has 0 amide bonds. The van der Waals surface area contributed by atoms with E-state index in [1.165, 1.54) is 0 Å². The van der Waals surface area contributed by atoms with E-state index in [9.17, 15) is 0 Å². The Morgan fingerprint density at radius 3 is 0.857 bits per heavy atom. The van der Waals surface area contributed by atoms with Gasteiger partial charge in [0, 0.05) is 0 Å². The van der Waals surface area contributed by atoms with E-state index < -0.39 is 0 Å². The van der Waals surface area contributed by atoms with E-state index in [0.29, 0.717) is 0 Å². The molecule has 7 heavy (non-hydrogen) atoms. The predicted octanol–water partition coefficient (Wildman–Crippen LogP) is 0.925. The third-order valence-corrected chi connectivity index (χ3v) is 21.6. The second-order valence-electron chi connectivity index (χ2n) is 1.69. The van der Waals surface area contributed by atoms with Crippen LogP contribution in [0.5, 0.6) is 0 Å². The van der Waals surface area contributed by atoms with Gasteiger partial charge in [-0.15, -0.1) is 0 Å². The van der Waals surface area contributed by atoms with Crippen LogP contribution < -0.4 is 0 Å². The van der Waals surface area contributed by atoms with Gasteiger partial charge < -0.3 is 0 Å². The Balaban J connectivity index is 0. The van der Waals surface area contributed by atoms with Crippen molar-refractivity contribution >= 4 is 54.7 Å². The number of hydrogen-bond acceptors (Lipinski definition) is 0. The van der Waals surface area contributed by atoms with Crippen molar-refractivity contribution in [2.45, 2.75) is 22.8 Å². The molecule has 0 bridgehead atoms. The van der Waals surface area contributed by atoms with Crippen LogP contribution >= 0.6 is 0 Å². The molecule has 0 aliphatic heterocycles. The molecule has 0 heterocycles. The van der Waals surface area contributed by atoms with Gasteiger partial charge in [0.2, 0.25) is 0 Å². The second-order valence-corrected chi connectivity index (χ2v) is 26.2. The van der Waals surface area contributed by atoms with Crippen LogP contribution in [0.4, 0.5) is 0 Å². The molecule has 0 aromatic carbocycles. The Morgan fingerprint density at radius 1 is 0.714 bits per heavy atom. The Bertz CT molecular complexity index is 30.7. The summed E-state index contributed by atoms with van der Waals surface area (Å²) in [6.45, 7) is 0. The molecule has 0 aromatic heterocycles. The van der Waals surface area contributed by atoms with Crippen molar-refractivity contribution in [2.75, 3.05) is 0 Å². The van der Waals surface area contributed by atoms with E-state index in [1.54, 1.807) is 0 Å². The molecule has 0 aliphatic carbocycles. The summed E-state index contributed by atoms with van der Waals surface area (Å²) in [5.41, 5.74) is 9.81. The number of hydrogen-bond donors (Lipinski definition) is 0. The molecule has 0 saturated heterocycles. The van der Waals surface area contributed by atoms with E-state index >= 15 is 0 Å². The number of rotatable bonds is 1. The molecule has 0 unspecified atom stereocenters. The summed E-state index contributed by atoms with van der Waals surface area (Å²) in [6, 6.07) is 0. The predicted molar refractivity (Wildman–Crippen MR) is 42.1 cm³/mol. The van der Waals surface area contributed by atoms with Crippen LogP contribution in [0, 0.1) is 0 Å². The SMILES string of the molecule is C[As](C)[As](C)C.[NaH]. The van der Waals surface area contributed by atoms with Crippen LogP contribution in [0.2, 0.25) is 22.8 Å². The van der Waals surface area contributed by atoms with Gasteiger partial charge in [-0.3, -0.25) is 0 Å². The van der Waals surface area contributed by atoms with E-state index in [1.807, 2.05) is 0 Å². The summed E-state index contributed by atoms with van der Waals surface area (Å²) >= 11 is -0.306. The first kappa shape index (κ1) is 11.9. The fourth-order valence-electron chi connectivity index (χ4n) is 0. The van der Waals surface area contributed by atoms with Crippen molar-refractivity contribution in [1.29, 1.82) is 0 Å². The molecule has 0 aromatic rings. The topological polar surface area (TPSA) is 0 Å². The van der Waals surface area contributed by atoms with Gasteiger partial charge in [0.05, 0.1) is 0 Å². The average molecular weight is 234 g/mol. The molecule has 0 fully saturated rings. The normalized spacial score (nSPS) is 9.43. The van der Waals surface area contributed by atoms with Gasteiger partial charge in [-0.1, -0.05) is 0 Å². The molecule has 0 saturated carbocycles. The molecule has 0 aliphatic rings. The van der Waals surface area contributed by atoms with Gasteiger partial charge >= 0.3 is 77.6 Å². The van der Waals surface area contributed by atoms with E-state index in [0.717, 1.165) is 0 Å². The quantitative estimate of drug-likeness (QED) is 0.592. The summed E-state index contributed by atoms with van der Waals surface area (Å²) in [4.78, 5) is 0. The van der Waals surface area contributed by atoms with Crippen molar-refractivity contribution in [1.82, 2.24) is 0 Å². The van der Waals surface area contributed by atoms with Gasteiger partial charge in [0.15, 0.2) is 0 Å².